The molecule has 0 saturated heterocycles. The van der Waals surface area contributed by atoms with E-state index in [1.54, 1.807) is 0 Å². The minimum atomic E-state index is 0.0853. The van der Waals surface area contributed by atoms with Crippen LogP contribution < -0.4 is 4.74 Å². The van der Waals surface area contributed by atoms with Crippen molar-refractivity contribution in [1.29, 1.82) is 0 Å². The maximum atomic E-state index is 6.59. The first-order valence-electron chi connectivity index (χ1n) is 18.1. The lowest BCUT2D eigenvalue weighted by atomic mass is 9.72. The van der Waals surface area contributed by atoms with E-state index in [4.69, 9.17) is 9.47 Å². The lowest BCUT2D eigenvalue weighted by Gasteiger charge is -2.31. The minimum absolute atomic E-state index is 0.0853. The van der Waals surface area contributed by atoms with Crippen molar-refractivity contribution in [2.24, 2.45) is 11.8 Å². The summed E-state index contributed by atoms with van der Waals surface area (Å²) >= 11 is 0. The SMILES string of the molecule is C1=CC2C=CC3=C(C4=CC(c5c6c(c(-c7ccc8c(c7)C7C9=C(C=CC7O8)CCC=C9)c7c5CCC=C7)C=CCC6)=CCC4O3)C2C=C1. The van der Waals surface area contributed by atoms with E-state index in [0.717, 1.165) is 56.5 Å². The number of ether oxygens (including phenoxy) is 2. The van der Waals surface area contributed by atoms with Gasteiger partial charge in [-0.1, -0.05) is 85.1 Å². The fraction of sp³-hybridized carbons (Fsp3) is 0.261. The monoisotopic (exact) mass is 622 g/mol. The Balaban J connectivity index is 1.07. The summed E-state index contributed by atoms with van der Waals surface area (Å²) in [7, 11) is 0. The molecule has 2 nitrogen and oxygen atoms in total. The molecule has 2 heteroatoms. The standard InChI is InChI=1S/C46H38O2/c1-3-11-31-27(9-1)17-23-41-45(31)37-25-29(19-21-39(37)47-41)43-33-13-5-7-15-35(33)44(36-16-8-6-14-34(36)43)30-20-22-40-38(26-30)46-32-12-4-2-10-28(32)18-24-42(46)48-40/h1,3-4,7-9,11-12,15-20,22-27,31,39,42,46H,2,5-6,10,13-14,21H2. The van der Waals surface area contributed by atoms with E-state index in [1.165, 1.54) is 72.4 Å². The summed E-state index contributed by atoms with van der Waals surface area (Å²) in [6, 6.07) is 7.04. The number of allylic oxidation sites excluding steroid dienone is 14. The molecule has 0 N–H and O–H groups in total. The zero-order valence-electron chi connectivity index (χ0n) is 27.1. The first-order valence-corrected chi connectivity index (χ1v) is 18.1. The summed E-state index contributed by atoms with van der Waals surface area (Å²) in [5.74, 6) is 3.17. The third kappa shape index (κ3) is 3.86. The summed E-state index contributed by atoms with van der Waals surface area (Å²) in [6.07, 6.45) is 45.3. The maximum Gasteiger partial charge on any atom is 0.128 e. The molecular formula is C46H38O2. The van der Waals surface area contributed by atoms with Gasteiger partial charge in [0.1, 0.15) is 23.7 Å². The average molecular weight is 623 g/mol. The molecule has 234 valence electrons. The first-order chi connectivity index (χ1) is 23.8. The molecule has 2 aromatic carbocycles. The normalized spacial score (nSPS) is 29.1. The van der Waals surface area contributed by atoms with Crippen LogP contribution >= 0.6 is 0 Å². The average Bonchev–Trinajstić information content (AvgIpc) is 3.72. The van der Waals surface area contributed by atoms with Crippen molar-refractivity contribution < 1.29 is 9.47 Å². The van der Waals surface area contributed by atoms with E-state index in [9.17, 15) is 0 Å². The Hall–Kier alpha value is -4.82. The molecule has 2 aromatic rings. The fourth-order valence-electron chi connectivity index (χ4n) is 10.00. The van der Waals surface area contributed by atoms with Crippen molar-refractivity contribution in [3.05, 3.63) is 165 Å². The van der Waals surface area contributed by atoms with Gasteiger partial charge >= 0.3 is 0 Å². The van der Waals surface area contributed by atoms with Gasteiger partial charge in [-0.2, -0.15) is 0 Å². The van der Waals surface area contributed by atoms with Crippen LogP contribution in [0.4, 0.5) is 0 Å². The molecule has 7 aliphatic carbocycles. The Labute approximate surface area is 282 Å². The quantitative estimate of drug-likeness (QED) is 0.332. The second-order valence-electron chi connectivity index (χ2n) is 14.6. The van der Waals surface area contributed by atoms with Gasteiger partial charge in [-0.3, -0.25) is 0 Å². The van der Waals surface area contributed by atoms with Crippen LogP contribution in [0.15, 0.2) is 131 Å². The van der Waals surface area contributed by atoms with E-state index >= 15 is 0 Å². The Kier molecular flexibility index (Phi) is 5.85. The highest BCUT2D eigenvalue weighted by atomic mass is 16.5. The van der Waals surface area contributed by atoms with Gasteiger partial charge in [0.2, 0.25) is 0 Å². The summed E-state index contributed by atoms with van der Waals surface area (Å²) < 4.78 is 13.1. The second-order valence-corrected chi connectivity index (χ2v) is 14.6. The second kappa shape index (κ2) is 10.3. The molecule has 5 unspecified atom stereocenters. The van der Waals surface area contributed by atoms with Crippen molar-refractivity contribution >= 4 is 17.7 Å². The van der Waals surface area contributed by atoms with Crippen molar-refractivity contribution in [3.63, 3.8) is 0 Å². The van der Waals surface area contributed by atoms with Gasteiger partial charge in [0.25, 0.3) is 0 Å². The Morgan fingerprint density at radius 2 is 1.52 bits per heavy atom. The number of hydrogen-bond donors (Lipinski definition) is 0. The van der Waals surface area contributed by atoms with E-state index < -0.39 is 0 Å². The van der Waals surface area contributed by atoms with Gasteiger partial charge in [0, 0.05) is 35.0 Å². The molecule has 0 radical (unpaired) electrons. The summed E-state index contributed by atoms with van der Waals surface area (Å²) in [5.41, 5.74) is 18.5. The van der Waals surface area contributed by atoms with E-state index in [2.05, 4.69) is 115 Å². The summed E-state index contributed by atoms with van der Waals surface area (Å²) in [4.78, 5) is 0. The van der Waals surface area contributed by atoms with Crippen LogP contribution in [-0.2, 0) is 17.6 Å². The molecule has 0 bridgehead atoms. The number of hydrogen-bond acceptors (Lipinski definition) is 2. The van der Waals surface area contributed by atoms with Gasteiger partial charge in [-0.15, -0.1) is 0 Å². The van der Waals surface area contributed by atoms with Gasteiger partial charge in [-0.25, -0.2) is 0 Å². The highest BCUT2D eigenvalue weighted by Gasteiger charge is 2.41. The fourth-order valence-corrected chi connectivity index (χ4v) is 10.00. The van der Waals surface area contributed by atoms with Crippen molar-refractivity contribution in [2.75, 3.05) is 0 Å². The summed E-state index contributed by atoms with van der Waals surface area (Å²) in [5, 5.41) is 0. The zero-order chi connectivity index (χ0) is 31.3. The predicted octanol–water partition coefficient (Wildman–Crippen LogP) is 10.6. The van der Waals surface area contributed by atoms with Crippen molar-refractivity contribution in [3.8, 4) is 16.9 Å². The molecule has 0 fully saturated rings. The Morgan fingerprint density at radius 3 is 2.40 bits per heavy atom. The maximum absolute atomic E-state index is 6.59. The molecule has 2 heterocycles. The smallest absolute Gasteiger partial charge is 0.128 e. The third-order valence-corrected chi connectivity index (χ3v) is 12.1. The lowest BCUT2D eigenvalue weighted by molar-refractivity contribution is 0.177. The van der Waals surface area contributed by atoms with Crippen LogP contribution in [0, 0.1) is 11.8 Å². The van der Waals surface area contributed by atoms with Crippen molar-refractivity contribution in [1.82, 2.24) is 0 Å². The van der Waals surface area contributed by atoms with Crippen LogP contribution in [-0.4, -0.2) is 12.2 Å². The largest absolute Gasteiger partial charge is 0.485 e. The van der Waals surface area contributed by atoms with Crippen LogP contribution in [0.2, 0.25) is 0 Å². The molecule has 0 amide bonds. The highest BCUT2D eigenvalue weighted by Crippen LogP contribution is 2.53. The molecule has 2 aliphatic heterocycles. The molecular weight excluding hydrogens is 585 g/mol. The molecule has 11 rings (SSSR count). The zero-order valence-corrected chi connectivity index (χ0v) is 27.1. The topological polar surface area (TPSA) is 18.5 Å². The van der Waals surface area contributed by atoms with E-state index in [-0.39, 0.29) is 18.1 Å². The van der Waals surface area contributed by atoms with Crippen LogP contribution in [0.1, 0.15) is 71.4 Å². The Morgan fingerprint density at radius 1 is 0.708 bits per heavy atom. The molecule has 5 atom stereocenters. The first kappa shape index (κ1) is 27.2. The molecule has 48 heavy (non-hydrogen) atoms. The number of rotatable bonds is 2. The lowest BCUT2D eigenvalue weighted by Crippen LogP contribution is -2.21. The number of benzene rings is 2. The van der Waals surface area contributed by atoms with Gasteiger partial charge in [-0.05, 0) is 125 Å². The minimum Gasteiger partial charge on any atom is -0.485 e. The third-order valence-electron chi connectivity index (χ3n) is 12.1. The van der Waals surface area contributed by atoms with Crippen LogP contribution in [0.3, 0.4) is 0 Å². The number of fused-ring (bicyclic) bond motifs is 10. The summed E-state index contributed by atoms with van der Waals surface area (Å²) in [6.45, 7) is 0. The van der Waals surface area contributed by atoms with E-state index in [1.807, 2.05) is 0 Å². The molecule has 0 spiro atoms. The Bertz CT molecular complexity index is 2140. The van der Waals surface area contributed by atoms with Gasteiger partial charge in [0.15, 0.2) is 0 Å². The highest BCUT2D eigenvalue weighted by molar-refractivity contribution is 5.94. The van der Waals surface area contributed by atoms with Crippen LogP contribution in [0.25, 0.3) is 28.9 Å². The van der Waals surface area contributed by atoms with E-state index in [0.29, 0.717) is 11.8 Å². The molecule has 9 aliphatic rings. The predicted molar refractivity (Wildman–Crippen MR) is 195 cm³/mol. The van der Waals surface area contributed by atoms with Gasteiger partial charge in [0.05, 0.1) is 5.92 Å². The van der Waals surface area contributed by atoms with Gasteiger partial charge < -0.3 is 9.47 Å². The molecule has 0 saturated carbocycles. The van der Waals surface area contributed by atoms with Crippen LogP contribution in [0.5, 0.6) is 5.75 Å². The molecule has 0 aromatic heterocycles. The van der Waals surface area contributed by atoms with Crippen molar-refractivity contribution in [2.45, 2.75) is 63.1 Å².